The van der Waals surface area contributed by atoms with E-state index in [1.165, 1.54) is 5.56 Å². The molecular weight excluding hydrogens is 277 g/mol. The van der Waals surface area contributed by atoms with Crippen LogP contribution in [-0.2, 0) is 0 Å². The molecule has 0 saturated heterocycles. The van der Waals surface area contributed by atoms with Crippen molar-refractivity contribution in [2.45, 2.75) is 6.92 Å². The van der Waals surface area contributed by atoms with E-state index in [0.29, 0.717) is 5.56 Å². The Balaban J connectivity index is 2.17. The van der Waals surface area contributed by atoms with Gasteiger partial charge in [-0.05, 0) is 0 Å². The SMILES string of the molecule is Cc1ccc(NC(=O)c2ccccc2[Se])cc1. The van der Waals surface area contributed by atoms with Crippen LogP contribution in [0.25, 0.3) is 0 Å². The number of carbonyl (C=O) groups excluding carboxylic acids is 1. The van der Waals surface area contributed by atoms with Crippen LogP contribution < -0.4 is 9.78 Å². The van der Waals surface area contributed by atoms with E-state index in [-0.39, 0.29) is 5.91 Å². The average Bonchev–Trinajstić information content (AvgIpc) is 2.32. The Morgan fingerprint density at radius 3 is 2.35 bits per heavy atom. The van der Waals surface area contributed by atoms with E-state index in [2.05, 4.69) is 21.3 Å². The Hall–Kier alpha value is -1.57. The Morgan fingerprint density at radius 1 is 1.06 bits per heavy atom. The average molecular weight is 289 g/mol. The Labute approximate surface area is 109 Å². The van der Waals surface area contributed by atoms with Crippen LogP contribution in [0, 0.1) is 6.92 Å². The maximum absolute atomic E-state index is 12.0. The number of anilines is 1. The van der Waals surface area contributed by atoms with Crippen LogP contribution in [0.1, 0.15) is 15.9 Å². The predicted molar refractivity (Wildman–Crippen MR) is 71.0 cm³/mol. The molecule has 0 heterocycles. The van der Waals surface area contributed by atoms with Crippen LogP contribution in [0.5, 0.6) is 0 Å². The molecule has 2 rings (SSSR count). The molecule has 2 aromatic rings. The van der Waals surface area contributed by atoms with Crippen molar-refractivity contribution in [2.24, 2.45) is 0 Å². The van der Waals surface area contributed by atoms with Crippen molar-refractivity contribution < 1.29 is 4.79 Å². The fourth-order valence-electron chi connectivity index (χ4n) is 1.49. The maximum atomic E-state index is 12.0. The van der Waals surface area contributed by atoms with Crippen molar-refractivity contribution in [2.75, 3.05) is 5.32 Å². The van der Waals surface area contributed by atoms with Gasteiger partial charge in [-0.25, -0.2) is 0 Å². The summed E-state index contributed by atoms with van der Waals surface area (Å²) >= 11 is 2.89. The zero-order valence-electron chi connectivity index (χ0n) is 9.44. The third-order valence-corrected chi connectivity index (χ3v) is 3.19. The van der Waals surface area contributed by atoms with Crippen LogP contribution >= 0.6 is 0 Å². The Kier molecular flexibility index (Phi) is 3.62. The minimum atomic E-state index is -0.0943. The molecule has 0 aliphatic carbocycles. The monoisotopic (exact) mass is 290 g/mol. The molecule has 2 aromatic carbocycles. The van der Waals surface area contributed by atoms with Gasteiger partial charge in [-0.15, -0.1) is 0 Å². The summed E-state index contributed by atoms with van der Waals surface area (Å²) < 4.78 is 0.858. The standard InChI is InChI=1S/C14H12NOSe/c1-10-6-8-11(9-7-10)15-14(16)12-4-2-3-5-13(12)17/h2-9H,1H3,(H,15,16). The van der Waals surface area contributed by atoms with Crippen molar-refractivity contribution in [1.29, 1.82) is 0 Å². The molecular formula is C14H12NOSe. The zero-order valence-corrected chi connectivity index (χ0v) is 11.1. The van der Waals surface area contributed by atoms with Gasteiger partial charge in [-0.1, -0.05) is 0 Å². The van der Waals surface area contributed by atoms with Gasteiger partial charge in [0.05, 0.1) is 0 Å². The quantitative estimate of drug-likeness (QED) is 0.842. The molecule has 0 atom stereocenters. The van der Waals surface area contributed by atoms with Gasteiger partial charge in [-0.2, -0.15) is 0 Å². The van der Waals surface area contributed by atoms with Crippen LogP contribution in [0.3, 0.4) is 0 Å². The number of benzene rings is 2. The molecule has 17 heavy (non-hydrogen) atoms. The van der Waals surface area contributed by atoms with Gasteiger partial charge < -0.3 is 0 Å². The van der Waals surface area contributed by atoms with E-state index >= 15 is 0 Å². The summed E-state index contributed by atoms with van der Waals surface area (Å²) in [4.78, 5) is 12.0. The van der Waals surface area contributed by atoms with Gasteiger partial charge in [0.15, 0.2) is 0 Å². The van der Waals surface area contributed by atoms with Crippen LogP contribution in [0.2, 0.25) is 0 Å². The Morgan fingerprint density at radius 2 is 1.71 bits per heavy atom. The second-order valence-corrected chi connectivity index (χ2v) is 4.74. The summed E-state index contributed by atoms with van der Waals surface area (Å²) in [5, 5.41) is 2.87. The third kappa shape index (κ3) is 2.96. The van der Waals surface area contributed by atoms with Crippen LogP contribution in [0.4, 0.5) is 5.69 Å². The van der Waals surface area contributed by atoms with Crippen molar-refractivity contribution in [3.05, 3.63) is 59.7 Å². The van der Waals surface area contributed by atoms with Crippen LogP contribution in [-0.4, -0.2) is 21.9 Å². The molecule has 0 saturated carbocycles. The van der Waals surface area contributed by atoms with Gasteiger partial charge in [0.1, 0.15) is 0 Å². The summed E-state index contributed by atoms with van der Waals surface area (Å²) in [6, 6.07) is 15.2. The molecule has 85 valence electrons. The molecule has 1 amide bonds. The Bertz CT molecular complexity index is 534. The van der Waals surface area contributed by atoms with Gasteiger partial charge in [0, 0.05) is 0 Å². The topological polar surface area (TPSA) is 29.1 Å². The summed E-state index contributed by atoms with van der Waals surface area (Å²) in [7, 11) is 0. The van der Waals surface area contributed by atoms with Crippen molar-refractivity contribution in [3.63, 3.8) is 0 Å². The number of hydrogen-bond donors (Lipinski definition) is 1. The normalized spacial score (nSPS) is 9.94. The molecule has 2 nitrogen and oxygen atoms in total. The fraction of sp³-hybridized carbons (Fsp3) is 0.0714. The fourth-order valence-corrected chi connectivity index (χ4v) is 1.99. The van der Waals surface area contributed by atoms with Crippen molar-refractivity contribution in [1.82, 2.24) is 0 Å². The number of aryl methyl sites for hydroxylation is 1. The summed E-state index contributed by atoms with van der Waals surface area (Å²) in [5.41, 5.74) is 2.64. The molecule has 1 radical (unpaired) electrons. The number of amides is 1. The van der Waals surface area contributed by atoms with E-state index in [1.807, 2.05) is 49.4 Å². The van der Waals surface area contributed by atoms with E-state index in [9.17, 15) is 4.79 Å². The molecule has 0 unspecified atom stereocenters. The van der Waals surface area contributed by atoms with E-state index in [0.717, 1.165) is 10.1 Å². The first-order chi connectivity index (χ1) is 8.16. The van der Waals surface area contributed by atoms with E-state index in [1.54, 1.807) is 6.07 Å². The number of carbonyl (C=O) groups is 1. The molecule has 0 spiro atoms. The number of rotatable bonds is 2. The molecule has 0 fully saturated rings. The number of nitrogens with one attached hydrogen (secondary N) is 1. The van der Waals surface area contributed by atoms with Crippen molar-refractivity contribution >= 4 is 32.1 Å². The first-order valence-corrected chi connectivity index (χ1v) is 6.16. The first kappa shape index (κ1) is 11.9. The van der Waals surface area contributed by atoms with Gasteiger partial charge in [0.25, 0.3) is 0 Å². The van der Waals surface area contributed by atoms with Crippen LogP contribution in [0.15, 0.2) is 48.5 Å². The predicted octanol–water partition coefficient (Wildman–Crippen LogP) is 2.04. The summed E-state index contributed by atoms with van der Waals surface area (Å²) in [6.45, 7) is 2.02. The summed E-state index contributed by atoms with van der Waals surface area (Å²) in [5.74, 6) is -0.0943. The van der Waals surface area contributed by atoms with Gasteiger partial charge in [-0.3, -0.25) is 0 Å². The molecule has 0 bridgehead atoms. The second kappa shape index (κ2) is 5.17. The van der Waals surface area contributed by atoms with E-state index in [4.69, 9.17) is 0 Å². The zero-order chi connectivity index (χ0) is 12.3. The second-order valence-electron chi connectivity index (χ2n) is 3.82. The molecule has 1 N–H and O–H groups in total. The van der Waals surface area contributed by atoms with E-state index < -0.39 is 0 Å². The van der Waals surface area contributed by atoms with Gasteiger partial charge in [0.2, 0.25) is 0 Å². The molecule has 0 aliphatic heterocycles. The molecule has 0 aromatic heterocycles. The molecule has 0 aliphatic rings. The first-order valence-electron chi connectivity index (χ1n) is 5.31. The van der Waals surface area contributed by atoms with Gasteiger partial charge >= 0.3 is 109 Å². The number of hydrogen-bond acceptors (Lipinski definition) is 1. The summed E-state index contributed by atoms with van der Waals surface area (Å²) in [6.07, 6.45) is 0. The molecule has 3 heteroatoms. The van der Waals surface area contributed by atoms with Crippen molar-refractivity contribution in [3.8, 4) is 0 Å². The third-order valence-electron chi connectivity index (χ3n) is 2.44. The minimum absolute atomic E-state index is 0.0943.